The number of hydrogen-bond donors (Lipinski definition) is 0. The van der Waals surface area contributed by atoms with Gasteiger partial charge >= 0.3 is 18.2 Å². The van der Waals surface area contributed by atoms with Crippen LogP contribution in [0.1, 0.15) is 48.5 Å². The summed E-state index contributed by atoms with van der Waals surface area (Å²) >= 11 is 0. The molecular formula is C18H28F2N2O6. The van der Waals surface area contributed by atoms with Gasteiger partial charge in [-0.05, 0) is 48.5 Å². The summed E-state index contributed by atoms with van der Waals surface area (Å²) < 4.78 is 44.1. The average molecular weight is 406 g/mol. The maximum atomic E-state index is 14.3. The molecule has 2 fully saturated rings. The summed E-state index contributed by atoms with van der Waals surface area (Å²) in [6.07, 6.45) is -2.12. The largest absolute Gasteiger partial charge is 0.464 e. The van der Waals surface area contributed by atoms with Crippen LogP contribution in [0.25, 0.3) is 0 Å². The predicted molar refractivity (Wildman–Crippen MR) is 93.4 cm³/mol. The lowest BCUT2D eigenvalue weighted by Crippen LogP contribution is -2.62. The summed E-state index contributed by atoms with van der Waals surface area (Å²) in [6, 6.07) is -1.68. The molecule has 1 heterocycles. The maximum Gasteiger partial charge on any atom is 0.430 e. The molecule has 0 aromatic rings. The van der Waals surface area contributed by atoms with Crippen LogP contribution < -0.4 is 0 Å². The lowest BCUT2D eigenvalue weighted by molar-refractivity contribution is -0.163. The van der Waals surface area contributed by atoms with Crippen molar-refractivity contribution >= 4 is 18.2 Å². The topological polar surface area (TPSA) is 85.4 Å². The van der Waals surface area contributed by atoms with Crippen molar-refractivity contribution in [2.75, 3.05) is 13.2 Å². The third-order valence-corrected chi connectivity index (χ3v) is 4.21. The van der Waals surface area contributed by atoms with Gasteiger partial charge in [0.05, 0.1) is 25.0 Å². The van der Waals surface area contributed by atoms with Gasteiger partial charge < -0.3 is 14.2 Å². The molecule has 1 aliphatic heterocycles. The summed E-state index contributed by atoms with van der Waals surface area (Å²) in [4.78, 5) is 37.9. The Morgan fingerprint density at radius 2 is 1.50 bits per heavy atom. The van der Waals surface area contributed by atoms with Crippen molar-refractivity contribution < 1.29 is 37.4 Å². The smallest absolute Gasteiger partial charge is 0.430 e. The second-order valence-electron chi connectivity index (χ2n) is 8.89. The van der Waals surface area contributed by atoms with Crippen LogP contribution in [0.2, 0.25) is 0 Å². The molecule has 1 aliphatic carbocycles. The van der Waals surface area contributed by atoms with E-state index in [9.17, 15) is 23.2 Å². The highest BCUT2D eigenvalue weighted by molar-refractivity contribution is 5.85. The lowest BCUT2D eigenvalue weighted by atomic mass is 10.1. The van der Waals surface area contributed by atoms with E-state index in [0.717, 1.165) is 5.01 Å². The van der Waals surface area contributed by atoms with Crippen molar-refractivity contribution in [3.63, 3.8) is 0 Å². The van der Waals surface area contributed by atoms with Gasteiger partial charge in [-0.25, -0.2) is 28.2 Å². The fourth-order valence-corrected chi connectivity index (χ4v) is 3.13. The van der Waals surface area contributed by atoms with Gasteiger partial charge in [0.2, 0.25) is 0 Å². The van der Waals surface area contributed by atoms with Crippen molar-refractivity contribution in [3.8, 4) is 0 Å². The zero-order chi connectivity index (χ0) is 21.7. The highest BCUT2D eigenvalue weighted by atomic mass is 19.3. The molecule has 1 saturated heterocycles. The molecule has 2 rings (SSSR count). The molecule has 160 valence electrons. The molecule has 2 aliphatic rings. The first-order valence-corrected chi connectivity index (χ1v) is 9.17. The monoisotopic (exact) mass is 406 g/mol. The first kappa shape index (κ1) is 22.2. The molecule has 2 amide bonds. The third kappa shape index (κ3) is 4.47. The van der Waals surface area contributed by atoms with E-state index >= 15 is 0 Å². The normalized spacial score (nSPS) is 26.2. The van der Waals surface area contributed by atoms with E-state index < -0.39 is 59.7 Å². The number of rotatable bonds is 2. The average Bonchev–Trinajstić information content (AvgIpc) is 3.03. The Bertz CT molecular complexity index is 655. The minimum absolute atomic E-state index is 0.0626. The number of alkyl halides is 2. The number of hydrazine groups is 1. The summed E-state index contributed by atoms with van der Waals surface area (Å²) in [5, 5.41) is 1.35. The summed E-state index contributed by atoms with van der Waals surface area (Å²) in [7, 11) is 0. The molecule has 10 heteroatoms. The van der Waals surface area contributed by atoms with E-state index in [2.05, 4.69) is 0 Å². The number of esters is 1. The van der Waals surface area contributed by atoms with E-state index in [4.69, 9.17) is 14.2 Å². The summed E-state index contributed by atoms with van der Waals surface area (Å²) in [5.41, 5.74) is -1.90. The van der Waals surface area contributed by atoms with Gasteiger partial charge in [0.25, 0.3) is 5.92 Å². The van der Waals surface area contributed by atoms with Crippen LogP contribution in [0.4, 0.5) is 18.4 Å². The molecule has 0 spiro atoms. The molecular weight excluding hydrogens is 378 g/mol. The molecule has 0 N–H and O–H groups in total. The molecule has 0 bridgehead atoms. The van der Waals surface area contributed by atoms with E-state index in [0.29, 0.717) is 5.01 Å². The van der Waals surface area contributed by atoms with E-state index in [-0.39, 0.29) is 6.61 Å². The number of carbonyl (C=O) groups excluding carboxylic acids is 3. The number of amides is 2. The molecule has 0 radical (unpaired) electrons. The van der Waals surface area contributed by atoms with Crippen molar-refractivity contribution in [1.29, 1.82) is 0 Å². The molecule has 28 heavy (non-hydrogen) atoms. The molecule has 1 saturated carbocycles. The Hall–Kier alpha value is -2.13. The van der Waals surface area contributed by atoms with Gasteiger partial charge in [-0.1, -0.05) is 0 Å². The van der Waals surface area contributed by atoms with E-state index in [1.165, 1.54) is 6.92 Å². The quantitative estimate of drug-likeness (QED) is 0.517. The molecule has 2 unspecified atom stereocenters. The van der Waals surface area contributed by atoms with Gasteiger partial charge in [0.1, 0.15) is 11.2 Å². The van der Waals surface area contributed by atoms with Crippen molar-refractivity contribution in [3.05, 3.63) is 0 Å². The SMILES string of the molecule is CCOC(=O)[C@@H]1C2C(CN(C(=O)OC(C)(C)C)N1C(=O)OC(C)(C)C)C2(F)F. The molecule has 0 aromatic carbocycles. The zero-order valence-corrected chi connectivity index (χ0v) is 17.2. The fraction of sp³-hybridized carbons (Fsp3) is 0.833. The first-order chi connectivity index (χ1) is 12.6. The van der Waals surface area contributed by atoms with Gasteiger partial charge in [0.15, 0.2) is 6.04 Å². The number of carbonyl (C=O) groups is 3. The van der Waals surface area contributed by atoms with E-state index in [1.54, 1.807) is 41.5 Å². The van der Waals surface area contributed by atoms with Crippen LogP contribution in [0.5, 0.6) is 0 Å². The van der Waals surface area contributed by atoms with Crippen LogP contribution in [0.15, 0.2) is 0 Å². The third-order valence-electron chi connectivity index (χ3n) is 4.21. The Balaban J connectivity index is 2.44. The van der Waals surface area contributed by atoms with Gasteiger partial charge in [-0.15, -0.1) is 0 Å². The standard InChI is InChI=1S/C18H28F2N2O6/c1-8-26-13(23)12-11-10(18(11,19)20)9-21(14(24)27-16(2,3)4)22(12)15(25)28-17(5,6)7/h10-12H,8-9H2,1-7H3/t10?,11?,12-/m0/s1. The van der Waals surface area contributed by atoms with Gasteiger partial charge in [-0.3, -0.25) is 0 Å². The second-order valence-corrected chi connectivity index (χ2v) is 8.89. The number of nitrogens with zero attached hydrogens (tertiary/aromatic N) is 2. The van der Waals surface area contributed by atoms with Crippen LogP contribution >= 0.6 is 0 Å². The maximum absolute atomic E-state index is 14.3. The van der Waals surface area contributed by atoms with Crippen LogP contribution in [-0.4, -0.2) is 64.5 Å². The number of hydrogen-bond acceptors (Lipinski definition) is 6. The molecule has 0 aromatic heterocycles. The fourth-order valence-electron chi connectivity index (χ4n) is 3.13. The summed E-state index contributed by atoms with van der Waals surface area (Å²) in [6.45, 7) is 10.5. The van der Waals surface area contributed by atoms with E-state index in [1.807, 2.05) is 0 Å². The predicted octanol–water partition coefficient (Wildman–Crippen LogP) is 3.20. The highest BCUT2D eigenvalue weighted by Gasteiger charge is 2.77. The van der Waals surface area contributed by atoms with Gasteiger partial charge in [0, 0.05) is 0 Å². The second kappa shape index (κ2) is 7.04. The van der Waals surface area contributed by atoms with Crippen molar-refractivity contribution in [2.45, 2.75) is 71.6 Å². The van der Waals surface area contributed by atoms with Crippen molar-refractivity contribution in [2.24, 2.45) is 11.8 Å². The number of fused-ring (bicyclic) bond motifs is 1. The number of ether oxygens (including phenoxy) is 3. The Labute approximate surface area is 163 Å². The highest BCUT2D eigenvalue weighted by Crippen LogP contribution is 2.61. The Morgan fingerprint density at radius 3 is 1.96 bits per heavy atom. The number of halogens is 2. The molecule has 8 nitrogen and oxygen atoms in total. The lowest BCUT2D eigenvalue weighted by Gasteiger charge is -2.41. The van der Waals surface area contributed by atoms with Gasteiger partial charge in [-0.2, -0.15) is 5.01 Å². The minimum Gasteiger partial charge on any atom is -0.464 e. The summed E-state index contributed by atoms with van der Waals surface area (Å²) in [5.74, 6) is -6.95. The zero-order valence-electron chi connectivity index (χ0n) is 17.2. The minimum atomic E-state index is -3.21. The Morgan fingerprint density at radius 1 is 1.00 bits per heavy atom. The van der Waals surface area contributed by atoms with Crippen LogP contribution in [0, 0.1) is 11.8 Å². The van der Waals surface area contributed by atoms with Crippen molar-refractivity contribution in [1.82, 2.24) is 10.0 Å². The first-order valence-electron chi connectivity index (χ1n) is 9.17. The molecule has 3 atom stereocenters. The Kier molecular flexibility index (Phi) is 5.57. The van der Waals surface area contributed by atoms with Crippen LogP contribution in [-0.2, 0) is 19.0 Å². The van der Waals surface area contributed by atoms with Crippen LogP contribution in [0.3, 0.4) is 0 Å².